The highest BCUT2D eigenvalue weighted by molar-refractivity contribution is 7.09. The number of rotatable bonds is 5. The van der Waals surface area contributed by atoms with Crippen molar-refractivity contribution in [3.63, 3.8) is 0 Å². The average Bonchev–Trinajstić information content (AvgIpc) is 3.21. The van der Waals surface area contributed by atoms with Crippen LogP contribution in [0.15, 0.2) is 30.2 Å². The second-order valence-electron chi connectivity index (χ2n) is 8.62. The molecule has 1 unspecified atom stereocenters. The highest BCUT2D eigenvalue weighted by atomic mass is 32.1. The Labute approximate surface area is 164 Å². The van der Waals surface area contributed by atoms with Gasteiger partial charge in [0.15, 0.2) is 0 Å². The minimum absolute atomic E-state index is 0.0103. The van der Waals surface area contributed by atoms with Gasteiger partial charge in [-0.2, -0.15) is 0 Å². The Kier molecular flexibility index (Phi) is 5.63. The summed E-state index contributed by atoms with van der Waals surface area (Å²) in [4.78, 5) is 26.5. The van der Waals surface area contributed by atoms with Crippen molar-refractivity contribution in [3.05, 3.63) is 40.9 Å². The van der Waals surface area contributed by atoms with E-state index in [-0.39, 0.29) is 17.9 Å². The number of aromatic nitrogens is 3. The van der Waals surface area contributed by atoms with Gasteiger partial charge in [-0.3, -0.25) is 20.1 Å². The van der Waals surface area contributed by atoms with E-state index in [0.717, 1.165) is 10.7 Å². The van der Waals surface area contributed by atoms with Crippen LogP contribution in [0, 0.1) is 5.92 Å². The van der Waals surface area contributed by atoms with E-state index in [1.54, 1.807) is 36.1 Å². The molecule has 2 aromatic rings. The van der Waals surface area contributed by atoms with Gasteiger partial charge in [0.25, 0.3) is 0 Å². The molecule has 3 heterocycles. The van der Waals surface area contributed by atoms with Crippen LogP contribution in [0.4, 0.5) is 0 Å². The van der Waals surface area contributed by atoms with Crippen LogP contribution in [0.3, 0.4) is 0 Å². The van der Waals surface area contributed by atoms with Crippen molar-refractivity contribution in [1.82, 2.24) is 20.3 Å². The van der Waals surface area contributed by atoms with E-state index in [4.69, 9.17) is 4.74 Å². The molecule has 1 fully saturated rings. The van der Waals surface area contributed by atoms with Crippen LogP contribution < -0.4 is 5.32 Å². The molecule has 1 saturated heterocycles. The molecule has 0 aliphatic carbocycles. The van der Waals surface area contributed by atoms with Crippen molar-refractivity contribution in [2.75, 3.05) is 0 Å². The summed E-state index contributed by atoms with van der Waals surface area (Å²) in [5.74, 6) is 0.148. The highest BCUT2D eigenvalue weighted by Crippen LogP contribution is 2.47. The van der Waals surface area contributed by atoms with Crippen LogP contribution in [0.2, 0.25) is 0 Å². The Hall–Kier alpha value is -1.86. The molecule has 1 N–H and O–H groups in total. The topological polar surface area (TPSA) is 77.0 Å². The van der Waals surface area contributed by atoms with Crippen LogP contribution in [0.1, 0.15) is 70.1 Å². The summed E-state index contributed by atoms with van der Waals surface area (Å²) in [5, 5.41) is 6.53. The van der Waals surface area contributed by atoms with Gasteiger partial charge in [-0.05, 0) is 39.5 Å². The standard InChI is InChI=1S/C20H28N4O2S/c1-13(2)10-20(18(25)26-19(3,4)5)11-14(15-12-21-6-7-22-15)16(24-20)17-23-8-9-27-17/h6-9,12-14,16,24H,10-11H2,1-5H3/t14-,16-,20?/m1/s1. The molecule has 3 atom stereocenters. The van der Waals surface area contributed by atoms with Crippen molar-refractivity contribution >= 4 is 17.3 Å². The molecule has 0 aromatic carbocycles. The maximum atomic E-state index is 13.3. The van der Waals surface area contributed by atoms with E-state index >= 15 is 0 Å². The quantitative estimate of drug-likeness (QED) is 0.784. The van der Waals surface area contributed by atoms with E-state index < -0.39 is 11.1 Å². The summed E-state index contributed by atoms with van der Waals surface area (Å²) in [5.41, 5.74) is -0.427. The molecule has 27 heavy (non-hydrogen) atoms. The number of nitrogens with zero attached hydrogens (tertiary/aromatic N) is 3. The van der Waals surface area contributed by atoms with Crippen molar-refractivity contribution < 1.29 is 9.53 Å². The lowest BCUT2D eigenvalue weighted by atomic mass is 9.83. The van der Waals surface area contributed by atoms with Crippen LogP contribution in [0.25, 0.3) is 0 Å². The van der Waals surface area contributed by atoms with Crippen molar-refractivity contribution in [2.24, 2.45) is 5.92 Å². The first kappa shape index (κ1) is 19.9. The van der Waals surface area contributed by atoms with E-state index in [1.807, 2.05) is 26.2 Å². The highest BCUT2D eigenvalue weighted by Gasteiger charge is 2.53. The van der Waals surface area contributed by atoms with Crippen LogP contribution >= 0.6 is 11.3 Å². The molecule has 2 aromatic heterocycles. The summed E-state index contributed by atoms with van der Waals surface area (Å²) in [6, 6.07) is -0.0898. The van der Waals surface area contributed by atoms with Crippen molar-refractivity contribution in [1.29, 1.82) is 0 Å². The smallest absolute Gasteiger partial charge is 0.326 e. The number of hydrogen-bond donors (Lipinski definition) is 1. The maximum absolute atomic E-state index is 13.3. The lowest BCUT2D eigenvalue weighted by Crippen LogP contribution is -2.52. The Balaban J connectivity index is 2.00. The fourth-order valence-electron chi connectivity index (χ4n) is 3.79. The summed E-state index contributed by atoms with van der Waals surface area (Å²) in [7, 11) is 0. The fraction of sp³-hybridized carbons (Fsp3) is 0.600. The first-order valence-electron chi connectivity index (χ1n) is 9.37. The zero-order valence-corrected chi connectivity index (χ0v) is 17.4. The predicted molar refractivity (Wildman–Crippen MR) is 105 cm³/mol. The molecule has 0 bridgehead atoms. The van der Waals surface area contributed by atoms with Gasteiger partial charge in [-0.25, -0.2) is 4.98 Å². The number of esters is 1. The zero-order valence-electron chi connectivity index (χ0n) is 16.6. The van der Waals surface area contributed by atoms with Crippen molar-refractivity contribution in [2.45, 2.75) is 70.6 Å². The molecule has 1 aliphatic rings. The number of nitrogens with one attached hydrogen (secondary N) is 1. The van der Waals surface area contributed by atoms with Gasteiger partial charge < -0.3 is 4.74 Å². The van der Waals surface area contributed by atoms with Crippen molar-refractivity contribution in [3.8, 4) is 0 Å². The average molecular weight is 389 g/mol. The summed E-state index contributed by atoms with van der Waals surface area (Å²) in [6.07, 6.45) is 8.26. The minimum atomic E-state index is -0.764. The lowest BCUT2D eigenvalue weighted by molar-refractivity contribution is -0.163. The number of carbonyl (C=O) groups is 1. The second kappa shape index (κ2) is 7.64. The molecule has 0 radical (unpaired) electrons. The molecule has 3 rings (SSSR count). The Morgan fingerprint density at radius 1 is 1.33 bits per heavy atom. The maximum Gasteiger partial charge on any atom is 0.326 e. The molecule has 0 spiro atoms. The molecule has 146 valence electrons. The number of hydrogen-bond acceptors (Lipinski definition) is 7. The Morgan fingerprint density at radius 2 is 2.11 bits per heavy atom. The normalized spacial score (nSPS) is 25.7. The lowest BCUT2D eigenvalue weighted by Gasteiger charge is -2.33. The third kappa shape index (κ3) is 4.52. The predicted octanol–water partition coefficient (Wildman–Crippen LogP) is 3.88. The van der Waals surface area contributed by atoms with Crippen LogP contribution in [-0.4, -0.2) is 32.1 Å². The van der Waals surface area contributed by atoms with Crippen LogP contribution in [-0.2, 0) is 9.53 Å². The van der Waals surface area contributed by atoms with E-state index in [0.29, 0.717) is 18.8 Å². The third-order valence-electron chi connectivity index (χ3n) is 4.63. The largest absolute Gasteiger partial charge is 0.459 e. The third-order valence-corrected chi connectivity index (χ3v) is 5.49. The van der Waals surface area contributed by atoms with Gasteiger partial charge in [0.05, 0.1) is 11.7 Å². The number of thiazole rings is 1. The van der Waals surface area contributed by atoms with Gasteiger partial charge in [0.2, 0.25) is 0 Å². The van der Waals surface area contributed by atoms with Gasteiger partial charge in [-0.15, -0.1) is 11.3 Å². The SMILES string of the molecule is CC(C)CC1(C(=O)OC(C)(C)C)C[C@H](c2cnccn2)[C@H](c2nccs2)N1. The van der Waals surface area contributed by atoms with Gasteiger partial charge >= 0.3 is 5.97 Å². The van der Waals surface area contributed by atoms with E-state index in [1.165, 1.54) is 0 Å². The van der Waals surface area contributed by atoms with E-state index in [9.17, 15) is 4.79 Å². The molecule has 6 nitrogen and oxygen atoms in total. The van der Waals surface area contributed by atoms with Crippen LogP contribution in [0.5, 0.6) is 0 Å². The molecule has 0 saturated carbocycles. The molecular weight excluding hydrogens is 360 g/mol. The molecular formula is C20H28N4O2S. The first-order valence-corrected chi connectivity index (χ1v) is 10.2. The number of ether oxygens (including phenoxy) is 1. The van der Waals surface area contributed by atoms with Gasteiger partial charge in [-0.1, -0.05) is 13.8 Å². The second-order valence-corrected chi connectivity index (χ2v) is 9.54. The number of carbonyl (C=O) groups excluding carboxylic acids is 1. The molecule has 0 amide bonds. The molecule has 7 heteroatoms. The summed E-state index contributed by atoms with van der Waals surface area (Å²) < 4.78 is 5.82. The zero-order chi connectivity index (χ0) is 19.7. The van der Waals surface area contributed by atoms with E-state index in [2.05, 4.69) is 34.1 Å². The summed E-state index contributed by atoms with van der Waals surface area (Å²) >= 11 is 1.59. The monoisotopic (exact) mass is 388 g/mol. The van der Waals surface area contributed by atoms with Gasteiger partial charge in [0.1, 0.15) is 16.1 Å². The Bertz CT molecular complexity index is 758. The first-order chi connectivity index (χ1) is 12.7. The minimum Gasteiger partial charge on any atom is -0.459 e. The Morgan fingerprint density at radius 3 is 2.67 bits per heavy atom. The summed E-state index contributed by atoms with van der Waals surface area (Å²) in [6.45, 7) is 9.97. The fourth-order valence-corrected chi connectivity index (χ4v) is 4.54. The van der Waals surface area contributed by atoms with Gasteiger partial charge in [0, 0.05) is 36.1 Å². The molecule has 1 aliphatic heterocycles.